The summed E-state index contributed by atoms with van der Waals surface area (Å²) in [6.45, 7) is 2.61. The van der Waals surface area contributed by atoms with E-state index in [1.54, 1.807) is 7.11 Å². The van der Waals surface area contributed by atoms with Crippen LogP contribution < -0.4 is 9.64 Å². The number of para-hydroxylation sites is 3. The van der Waals surface area contributed by atoms with Crippen molar-refractivity contribution in [1.82, 2.24) is 4.57 Å². The standard InChI is InChI=1S/C28H21N3O2S2/c1-18-22(15-26-27(32)31(28(34)35-26)24-13-7-8-14-25(24)33-2)21-11-5-6-12-23(21)30(18)17-20-10-4-3-9-19(20)16-29/h3-15H,17H2,1-2H3/b26-15-. The van der Waals surface area contributed by atoms with Crippen molar-refractivity contribution < 1.29 is 9.53 Å². The predicted octanol–water partition coefficient (Wildman–Crippen LogP) is 6.28. The number of thioether (sulfide) groups is 1. The minimum Gasteiger partial charge on any atom is -0.495 e. The molecule has 1 aromatic heterocycles. The molecule has 7 heteroatoms. The Labute approximate surface area is 213 Å². The normalized spacial score (nSPS) is 14.7. The largest absolute Gasteiger partial charge is 0.495 e. The second kappa shape index (κ2) is 9.41. The lowest BCUT2D eigenvalue weighted by molar-refractivity contribution is -0.113. The number of carbonyl (C=O) groups excluding carboxylic acids is 1. The molecule has 0 aliphatic carbocycles. The minimum absolute atomic E-state index is 0.171. The summed E-state index contributed by atoms with van der Waals surface area (Å²) in [5.41, 5.74) is 5.27. The van der Waals surface area contributed by atoms with Gasteiger partial charge in [-0.3, -0.25) is 9.69 Å². The van der Waals surface area contributed by atoms with Crippen LogP contribution in [-0.2, 0) is 11.3 Å². The van der Waals surface area contributed by atoms with E-state index in [9.17, 15) is 10.1 Å². The fourth-order valence-electron chi connectivity index (χ4n) is 4.40. The number of carbonyl (C=O) groups is 1. The topological polar surface area (TPSA) is 58.3 Å². The Bertz CT molecular complexity index is 1560. The quantitative estimate of drug-likeness (QED) is 0.241. The number of benzene rings is 3. The molecule has 2 heterocycles. The summed E-state index contributed by atoms with van der Waals surface area (Å²) < 4.78 is 8.12. The molecular weight excluding hydrogens is 474 g/mol. The summed E-state index contributed by atoms with van der Waals surface area (Å²) in [5.74, 6) is 0.421. The van der Waals surface area contributed by atoms with Crippen LogP contribution in [0.2, 0.25) is 0 Å². The van der Waals surface area contributed by atoms with Gasteiger partial charge in [-0.15, -0.1) is 0 Å². The number of nitriles is 1. The van der Waals surface area contributed by atoms with Crippen molar-refractivity contribution >= 4 is 56.9 Å². The van der Waals surface area contributed by atoms with Crippen LogP contribution in [0.1, 0.15) is 22.4 Å². The smallest absolute Gasteiger partial charge is 0.270 e. The molecule has 1 aliphatic heterocycles. The number of hydrogen-bond acceptors (Lipinski definition) is 5. The molecule has 1 fully saturated rings. The molecule has 0 radical (unpaired) electrons. The maximum Gasteiger partial charge on any atom is 0.270 e. The number of amides is 1. The fraction of sp³-hybridized carbons (Fsp3) is 0.107. The molecule has 3 aromatic carbocycles. The van der Waals surface area contributed by atoms with Crippen LogP contribution in [0.25, 0.3) is 17.0 Å². The van der Waals surface area contributed by atoms with Gasteiger partial charge in [0.25, 0.3) is 5.91 Å². The van der Waals surface area contributed by atoms with E-state index in [-0.39, 0.29) is 5.91 Å². The van der Waals surface area contributed by atoms with E-state index in [4.69, 9.17) is 17.0 Å². The number of rotatable bonds is 5. The zero-order valence-electron chi connectivity index (χ0n) is 19.2. The van der Waals surface area contributed by atoms with Crippen molar-refractivity contribution in [3.8, 4) is 11.8 Å². The second-order valence-corrected chi connectivity index (χ2v) is 9.74. The Morgan fingerprint density at radius 3 is 2.57 bits per heavy atom. The average Bonchev–Trinajstić information content (AvgIpc) is 3.31. The maximum atomic E-state index is 13.5. The average molecular weight is 496 g/mol. The van der Waals surface area contributed by atoms with Gasteiger partial charge < -0.3 is 9.30 Å². The molecule has 1 saturated heterocycles. The van der Waals surface area contributed by atoms with E-state index in [1.165, 1.54) is 16.7 Å². The highest BCUT2D eigenvalue weighted by Gasteiger charge is 2.35. The van der Waals surface area contributed by atoms with Gasteiger partial charge >= 0.3 is 0 Å². The number of ether oxygens (including phenoxy) is 1. The van der Waals surface area contributed by atoms with Crippen LogP contribution in [0.3, 0.4) is 0 Å². The molecule has 0 spiro atoms. The van der Waals surface area contributed by atoms with Gasteiger partial charge in [-0.25, -0.2) is 0 Å². The van der Waals surface area contributed by atoms with E-state index in [0.717, 1.165) is 27.7 Å². The number of fused-ring (bicyclic) bond motifs is 1. The summed E-state index contributed by atoms with van der Waals surface area (Å²) >= 11 is 6.87. The lowest BCUT2D eigenvalue weighted by Crippen LogP contribution is -2.27. The molecule has 0 unspecified atom stereocenters. The lowest BCUT2D eigenvalue weighted by atomic mass is 10.1. The first-order chi connectivity index (χ1) is 17.0. The SMILES string of the molecule is COc1ccccc1N1C(=O)/C(=C/c2c(C)n(Cc3ccccc3C#N)c3ccccc23)SC1=S. The van der Waals surface area contributed by atoms with Crippen LogP contribution in [0.5, 0.6) is 5.75 Å². The first-order valence-corrected chi connectivity index (χ1v) is 12.2. The third-order valence-electron chi connectivity index (χ3n) is 6.14. The molecule has 1 amide bonds. The van der Waals surface area contributed by atoms with Crippen molar-refractivity contribution in [2.75, 3.05) is 12.0 Å². The van der Waals surface area contributed by atoms with Gasteiger partial charge in [0, 0.05) is 28.7 Å². The summed E-state index contributed by atoms with van der Waals surface area (Å²) in [4.78, 5) is 15.6. The van der Waals surface area contributed by atoms with Crippen molar-refractivity contribution in [1.29, 1.82) is 5.26 Å². The third kappa shape index (κ3) is 4.01. The van der Waals surface area contributed by atoms with E-state index >= 15 is 0 Å². The lowest BCUT2D eigenvalue weighted by Gasteiger charge is -2.17. The van der Waals surface area contributed by atoms with Crippen LogP contribution in [0.4, 0.5) is 5.69 Å². The highest BCUT2D eigenvalue weighted by molar-refractivity contribution is 8.27. The number of methoxy groups -OCH3 is 1. The Kier molecular flexibility index (Phi) is 6.16. The van der Waals surface area contributed by atoms with Gasteiger partial charge in [-0.2, -0.15) is 5.26 Å². The molecule has 1 aliphatic rings. The van der Waals surface area contributed by atoms with E-state index in [2.05, 4.69) is 22.8 Å². The third-order valence-corrected chi connectivity index (χ3v) is 7.44. The number of thiocarbonyl (C=S) groups is 1. The Morgan fingerprint density at radius 2 is 1.77 bits per heavy atom. The van der Waals surface area contributed by atoms with Gasteiger partial charge in [-0.05, 0) is 42.8 Å². The maximum absolute atomic E-state index is 13.5. The molecule has 5 rings (SSSR count). The zero-order chi connectivity index (χ0) is 24.5. The van der Waals surface area contributed by atoms with E-state index in [0.29, 0.717) is 32.8 Å². The molecule has 0 saturated carbocycles. The van der Waals surface area contributed by atoms with Gasteiger partial charge in [0.2, 0.25) is 0 Å². The predicted molar refractivity (Wildman–Crippen MR) is 146 cm³/mol. The van der Waals surface area contributed by atoms with Gasteiger partial charge in [0.15, 0.2) is 4.32 Å². The number of anilines is 1. The van der Waals surface area contributed by atoms with Crippen LogP contribution in [0.15, 0.2) is 77.7 Å². The highest BCUT2D eigenvalue weighted by atomic mass is 32.2. The molecule has 35 heavy (non-hydrogen) atoms. The molecule has 4 aromatic rings. The summed E-state index contributed by atoms with van der Waals surface area (Å²) in [6, 6.07) is 25.4. The van der Waals surface area contributed by atoms with Crippen LogP contribution in [0, 0.1) is 18.3 Å². The Hall–Kier alpha value is -3.86. The molecule has 5 nitrogen and oxygen atoms in total. The minimum atomic E-state index is -0.171. The molecule has 0 bridgehead atoms. The van der Waals surface area contributed by atoms with Gasteiger partial charge in [-0.1, -0.05) is 72.5 Å². The number of aromatic nitrogens is 1. The summed E-state index contributed by atoms with van der Waals surface area (Å²) in [5, 5.41) is 10.6. The van der Waals surface area contributed by atoms with Crippen LogP contribution in [-0.4, -0.2) is 21.9 Å². The Morgan fingerprint density at radius 1 is 1.06 bits per heavy atom. The number of hydrogen-bond donors (Lipinski definition) is 0. The Balaban J connectivity index is 1.59. The fourth-order valence-corrected chi connectivity index (χ4v) is 5.67. The molecule has 172 valence electrons. The van der Waals surface area contributed by atoms with Crippen molar-refractivity contribution in [2.24, 2.45) is 0 Å². The molecule has 0 N–H and O–H groups in total. The second-order valence-electron chi connectivity index (χ2n) is 8.06. The molecular formula is C28H21N3O2S2. The highest BCUT2D eigenvalue weighted by Crippen LogP contribution is 2.41. The van der Waals surface area contributed by atoms with Gasteiger partial charge in [0.1, 0.15) is 5.75 Å². The first kappa shape index (κ1) is 22.9. The zero-order valence-corrected chi connectivity index (χ0v) is 20.8. The van der Waals surface area contributed by atoms with Crippen molar-refractivity contribution in [3.63, 3.8) is 0 Å². The number of nitrogens with zero attached hydrogens (tertiary/aromatic N) is 3. The van der Waals surface area contributed by atoms with E-state index in [1.807, 2.05) is 73.7 Å². The van der Waals surface area contributed by atoms with Crippen molar-refractivity contribution in [2.45, 2.75) is 13.5 Å². The van der Waals surface area contributed by atoms with Crippen LogP contribution >= 0.6 is 24.0 Å². The molecule has 0 atom stereocenters. The summed E-state index contributed by atoms with van der Waals surface area (Å²) in [7, 11) is 1.58. The first-order valence-electron chi connectivity index (χ1n) is 11.0. The monoisotopic (exact) mass is 495 g/mol. The van der Waals surface area contributed by atoms with Gasteiger partial charge in [0.05, 0.1) is 29.3 Å². The van der Waals surface area contributed by atoms with Crippen molar-refractivity contribution in [3.05, 3.63) is 100 Å². The summed E-state index contributed by atoms with van der Waals surface area (Å²) in [6.07, 6.45) is 1.93. The van der Waals surface area contributed by atoms with E-state index < -0.39 is 0 Å².